The van der Waals surface area contributed by atoms with Gasteiger partial charge in [0.25, 0.3) is 0 Å². The topological polar surface area (TPSA) is 47.6 Å². The number of rotatable bonds is 5. The fraction of sp³-hybridized carbons (Fsp3) is 0.105. The van der Waals surface area contributed by atoms with E-state index in [2.05, 4.69) is 21.2 Å². The molecule has 0 unspecified atom stereocenters. The van der Waals surface area contributed by atoms with Crippen molar-refractivity contribution in [1.29, 1.82) is 0 Å². The molecule has 1 N–H and O–H groups in total. The summed E-state index contributed by atoms with van der Waals surface area (Å²) in [5.41, 5.74) is 0.695. The van der Waals surface area contributed by atoms with Crippen LogP contribution in [-0.4, -0.2) is 19.3 Å². The van der Waals surface area contributed by atoms with Gasteiger partial charge in [-0.05, 0) is 44.9 Å². The largest absolute Gasteiger partial charge is 0.489 e. The Morgan fingerprint density at radius 2 is 1.67 bits per heavy atom. The Balaban J connectivity index is 1.50. The van der Waals surface area contributed by atoms with Crippen LogP contribution < -0.4 is 10.1 Å². The van der Waals surface area contributed by atoms with E-state index in [4.69, 9.17) is 9.47 Å². The van der Waals surface area contributed by atoms with E-state index in [1.165, 1.54) is 0 Å². The molecule has 4 nitrogen and oxygen atoms in total. The second-order valence-electron chi connectivity index (χ2n) is 5.07. The number of nitrogens with one attached hydrogen (secondary N) is 1. The van der Waals surface area contributed by atoms with Crippen LogP contribution in [0.5, 0.6) is 5.75 Å². The van der Waals surface area contributed by atoms with Crippen LogP contribution >= 0.6 is 15.9 Å². The van der Waals surface area contributed by atoms with Crippen molar-refractivity contribution in [1.82, 2.24) is 0 Å². The molecule has 0 heterocycles. The molecule has 1 amide bonds. The Bertz CT molecular complexity index is 836. The second-order valence-corrected chi connectivity index (χ2v) is 5.87. The average Bonchev–Trinajstić information content (AvgIpc) is 2.61. The van der Waals surface area contributed by atoms with E-state index in [0.717, 1.165) is 21.0 Å². The maximum atomic E-state index is 11.7. The van der Waals surface area contributed by atoms with Gasteiger partial charge in [-0.3, -0.25) is 5.32 Å². The molecular formula is C19H16BrNO3. The lowest BCUT2D eigenvalue weighted by atomic mass is 10.1. The van der Waals surface area contributed by atoms with Gasteiger partial charge < -0.3 is 9.47 Å². The van der Waals surface area contributed by atoms with Gasteiger partial charge in [-0.15, -0.1) is 0 Å². The predicted octanol–water partition coefficient (Wildman–Crippen LogP) is 5.23. The number of carbonyl (C=O) groups excluding carboxylic acids is 1. The van der Waals surface area contributed by atoms with E-state index in [-0.39, 0.29) is 13.2 Å². The Kier molecular flexibility index (Phi) is 5.33. The molecule has 0 bridgehead atoms. The lowest BCUT2D eigenvalue weighted by Gasteiger charge is -2.11. The van der Waals surface area contributed by atoms with Crippen molar-refractivity contribution in [2.75, 3.05) is 18.5 Å². The Morgan fingerprint density at radius 1 is 0.917 bits per heavy atom. The van der Waals surface area contributed by atoms with Crippen molar-refractivity contribution < 1.29 is 14.3 Å². The number of halogens is 1. The monoisotopic (exact) mass is 385 g/mol. The standard InChI is InChI=1S/C19H16BrNO3/c20-18-16-9-5-4-6-14(16)10-11-17(18)23-12-13-24-19(22)21-15-7-2-1-3-8-15/h1-11H,12-13H2,(H,21,22). The number of hydrogen-bond acceptors (Lipinski definition) is 3. The highest BCUT2D eigenvalue weighted by Gasteiger charge is 2.07. The molecule has 0 saturated carbocycles. The van der Waals surface area contributed by atoms with Gasteiger partial charge in [-0.1, -0.05) is 48.5 Å². The van der Waals surface area contributed by atoms with E-state index < -0.39 is 6.09 Å². The van der Waals surface area contributed by atoms with Crippen molar-refractivity contribution in [3.8, 4) is 5.75 Å². The zero-order valence-corrected chi connectivity index (χ0v) is 14.5. The summed E-state index contributed by atoms with van der Waals surface area (Å²) in [5.74, 6) is 0.723. The molecule has 3 aromatic carbocycles. The van der Waals surface area contributed by atoms with Gasteiger partial charge in [-0.25, -0.2) is 4.79 Å². The van der Waals surface area contributed by atoms with Crippen LogP contribution in [0.25, 0.3) is 10.8 Å². The van der Waals surface area contributed by atoms with Gasteiger partial charge in [0, 0.05) is 5.69 Å². The Morgan fingerprint density at radius 3 is 2.50 bits per heavy atom. The molecule has 3 rings (SSSR count). The molecule has 0 atom stereocenters. The van der Waals surface area contributed by atoms with Gasteiger partial charge in [0.1, 0.15) is 19.0 Å². The van der Waals surface area contributed by atoms with Gasteiger partial charge in [-0.2, -0.15) is 0 Å². The van der Waals surface area contributed by atoms with Crippen LogP contribution in [0, 0.1) is 0 Å². The van der Waals surface area contributed by atoms with Crippen LogP contribution in [0.3, 0.4) is 0 Å². The van der Waals surface area contributed by atoms with Crippen LogP contribution in [0.1, 0.15) is 0 Å². The summed E-state index contributed by atoms with van der Waals surface area (Å²) >= 11 is 3.56. The fourth-order valence-electron chi connectivity index (χ4n) is 2.29. The average molecular weight is 386 g/mol. The van der Waals surface area contributed by atoms with Gasteiger partial charge in [0.2, 0.25) is 0 Å². The first-order valence-corrected chi connectivity index (χ1v) is 8.32. The van der Waals surface area contributed by atoms with Crippen LogP contribution in [0.15, 0.2) is 71.2 Å². The number of hydrogen-bond donors (Lipinski definition) is 1. The smallest absolute Gasteiger partial charge is 0.411 e. The molecule has 3 aromatic rings. The SMILES string of the molecule is O=C(Nc1ccccc1)OCCOc1ccc2ccccc2c1Br. The minimum absolute atomic E-state index is 0.165. The first-order chi connectivity index (χ1) is 11.7. The fourth-order valence-corrected chi connectivity index (χ4v) is 2.89. The summed E-state index contributed by atoms with van der Waals surface area (Å²) in [6.45, 7) is 0.442. The molecule has 0 aliphatic heterocycles. The lowest BCUT2D eigenvalue weighted by Crippen LogP contribution is -2.17. The number of fused-ring (bicyclic) bond motifs is 1. The minimum Gasteiger partial charge on any atom is -0.489 e. The third kappa shape index (κ3) is 4.06. The maximum Gasteiger partial charge on any atom is 0.411 e. The molecule has 0 aliphatic rings. The maximum absolute atomic E-state index is 11.7. The number of benzene rings is 3. The van der Waals surface area contributed by atoms with Crippen molar-refractivity contribution >= 4 is 38.5 Å². The summed E-state index contributed by atoms with van der Waals surface area (Å²) in [4.78, 5) is 11.7. The van der Waals surface area contributed by atoms with Gasteiger partial charge in [0.05, 0.1) is 4.47 Å². The predicted molar refractivity (Wildman–Crippen MR) is 98.6 cm³/mol. The number of amides is 1. The number of ether oxygens (including phenoxy) is 2. The molecule has 24 heavy (non-hydrogen) atoms. The van der Waals surface area contributed by atoms with E-state index >= 15 is 0 Å². The quantitative estimate of drug-likeness (QED) is 0.611. The highest BCUT2D eigenvalue weighted by molar-refractivity contribution is 9.10. The van der Waals surface area contributed by atoms with E-state index in [1.807, 2.05) is 54.6 Å². The summed E-state index contributed by atoms with van der Waals surface area (Å²) in [7, 11) is 0. The number of anilines is 1. The molecule has 0 spiro atoms. The zero-order valence-electron chi connectivity index (χ0n) is 12.9. The molecule has 5 heteroatoms. The Hall–Kier alpha value is -2.53. The summed E-state index contributed by atoms with van der Waals surface area (Å²) in [6, 6.07) is 21.1. The normalized spacial score (nSPS) is 10.4. The van der Waals surface area contributed by atoms with Crippen molar-refractivity contribution in [2.24, 2.45) is 0 Å². The molecule has 0 fully saturated rings. The number of para-hydroxylation sites is 1. The summed E-state index contributed by atoms with van der Waals surface area (Å²) in [5, 5.41) is 4.87. The highest BCUT2D eigenvalue weighted by atomic mass is 79.9. The second kappa shape index (κ2) is 7.84. The summed E-state index contributed by atoms with van der Waals surface area (Å²) in [6.07, 6.45) is -0.498. The zero-order chi connectivity index (χ0) is 16.8. The molecule has 0 radical (unpaired) electrons. The van der Waals surface area contributed by atoms with Crippen molar-refractivity contribution in [2.45, 2.75) is 0 Å². The molecular weight excluding hydrogens is 370 g/mol. The van der Waals surface area contributed by atoms with E-state index in [0.29, 0.717) is 5.69 Å². The summed E-state index contributed by atoms with van der Waals surface area (Å²) < 4.78 is 11.7. The van der Waals surface area contributed by atoms with Crippen LogP contribution in [0.4, 0.5) is 10.5 Å². The Labute approximate surface area is 148 Å². The first-order valence-electron chi connectivity index (χ1n) is 7.53. The third-order valence-electron chi connectivity index (χ3n) is 3.42. The van der Waals surface area contributed by atoms with Crippen LogP contribution in [0.2, 0.25) is 0 Å². The van der Waals surface area contributed by atoms with Crippen LogP contribution in [-0.2, 0) is 4.74 Å². The van der Waals surface area contributed by atoms with Crippen molar-refractivity contribution in [3.63, 3.8) is 0 Å². The lowest BCUT2D eigenvalue weighted by molar-refractivity contribution is 0.137. The third-order valence-corrected chi connectivity index (χ3v) is 4.24. The molecule has 0 aromatic heterocycles. The van der Waals surface area contributed by atoms with Gasteiger partial charge >= 0.3 is 6.09 Å². The number of carbonyl (C=O) groups is 1. The van der Waals surface area contributed by atoms with E-state index in [9.17, 15) is 4.79 Å². The minimum atomic E-state index is -0.498. The molecule has 0 aliphatic carbocycles. The molecule has 122 valence electrons. The van der Waals surface area contributed by atoms with Gasteiger partial charge in [0.15, 0.2) is 0 Å². The molecule has 0 saturated heterocycles. The van der Waals surface area contributed by atoms with E-state index in [1.54, 1.807) is 12.1 Å². The highest BCUT2D eigenvalue weighted by Crippen LogP contribution is 2.32. The first kappa shape index (κ1) is 16.3. The van der Waals surface area contributed by atoms with Crippen molar-refractivity contribution in [3.05, 3.63) is 71.2 Å².